The Morgan fingerprint density at radius 3 is 2.44 bits per heavy atom. The van der Waals surface area contributed by atoms with Gasteiger partial charge in [0.25, 0.3) is 0 Å². The zero-order valence-electron chi connectivity index (χ0n) is 9.91. The van der Waals surface area contributed by atoms with Crippen LogP contribution in [0.3, 0.4) is 0 Å². The fourth-order valence-corrected chi connectivity index (χ4v) is 3.04. The maximum Gasteiger partial charge on any atom is 0.0810 e. The standard InChI is InChI=1S/C15H12ClNS/c1-10-13-4-2-3-5-14(13)17-15(10)18-12-8-6-11(16)7-9-12/h2-9,17H,1H3. The third-order valence-electron chi connectivity index (χ3n) is 2.95. The lowest BCUT2D eigenvalue weighted by atomic mass is 10.2. The lowest BCUT2D eigenvalue weighted by molar-refractivity contribution is 1.18. The first-order valence-corrected chi connectivity index (χ1v) is 6.94. The zero-order chi connectivity index (χ0) is 12.5. The highest BCUT2D eigenvalue weighted by Crippen LogP contribution is 2.34. The van der Waals surface area contributed by atoms with Crippen LogP contribution >= 0.6 is 23.4 Å². The third-order valence-corrected chi connectivity index (χ3v) is 4.33. The Morgan fingerprint density at radius 2 is 1.72 bits per heavy atom. The summed E-state index contributed by atoms with van der Waals surface area (Å²) in [5.41, 5.74) is 2.48. The van der Waals surface area contributed by atoms with Crippen molar-refractivity contribution >= 4 is 34.3 Å². The average Bonchev–Trinajstić information content (AvgIpc) is 2.70. The van der Waals surface area contributed by atoms with Gasteiger partial charge in [0.2, 0.25) is 0 Å². The van der Waals surface area contributed by atoms with E-state index < -0.39 is 0 Å². The minimum absolute atomic E-state index is 0.771. The normalized spacial score (nSPS) is 11.0. The number of hydrogen-bond donors (Lipinski definition) is 1. The molecule has 2 aromatic carbocycles. The van der Waals surface area contributed by atoms with Gasteiger partial charge < -0.3 is 4.98 Å². The van der Waals surface area contributed by atoms with E-state index in [4.69, 9.17) is 11.6 Å². The van der Waals surface area contributed by atoms with Crippen molar-refractivity contribution in [1.82, 2.24) is 4.98 Å². The van der Waals surface area contributed by atoms with Crippen LogP contribution in [0.15, 0.2) is 58.5 Å². The molecule has 0 spiro atoms. The lowest BCUT2D eigenvalue weighted by Gasteiger charge is -2.00. The molecule has 0 aliphatic rings. The Bertz CT molecular complexity index is 685. The fraction of sp³-hybridized carbons (Fsp3) is 0.0667. The highest BCUT2D eigenvalue weighted by atomic mass is 35.5. The smallest absolute Gasteiger partial charge is 0.0810 e. The maximum absolute atomic E-state index is 5.89. The summed E-state index contributed by atoms with van der Waals surface area (Å²) in [5, 5.41) is 3.25. The van der Waals surface area contributed by atoms with Crippen LogP contribution in [0.4, 0.5) is 0 Å². The third kappa shape index (κ3) is 2.14. The van der Waals surface area contributed by atoms with Crippen molar-refractivity contribution in [2.24, 2.45) is 0 Å². The Morgan fingerprint density at radius 1 is 1.00 bits per heavy atom. The van der Waals surface area contributed by atoms with Crippen LogP contribution in [-0.4, -0.2) is 4.98 Å². The predicted octanol–water partition coefficient (Wildman–Crippen LogP) is 5.28. The second-order valence-electron chi connectivity index (χ2n) is 4.18. The van der Waals surface area contributed by atoms with Gasteiger partial charge in [0.05, 0.1) is 5.03 Å². The number of fused-ring (bicyclic) bond motifs is 1. The Balaban J connectivity index is 1.99. The minimum atomic E-state index is 0.771. The lowest BCUT2D eigenvalue weighted by Crippen LogP contribution is -1.76. The number of rotatable bonds is 2. The van der Waals surface area contributed by atoms with Gasteiger partial charge in [0.15, 0.2) is 0 Å². The van der Waals surface area contributed by atoms with Crippen LogP contribution in [-0.2, 0) is 0 Å². The van der Waals surface area contributed by atoms with Crippen molar-refractivity contribution < 1.29 is 0 Å². The monoisotopic (exact) mass is 273 g/mol. The molecule has 1 nitrogen and oxygen atoms in total. The number of hydrogen-bond acceptors (Lipinski definition) is 1. The van der Waals surface area contributed by atoms with Crippen LogP contribution < -0.4 is 0 Å². The number of aromatic nitrogens is 1. The van der Waals surface area contributed by atoms with Crippen LogP contribution in [0, 0.1) is 6.92 Å². The molecule has 0 unspecified atom stereocenters. The van der Waals surface area contributed by atoms with Crippen molar-refractivity contribution in [3.8, 4) is 0 Å². The number of halogens is 1. The van der Waals surface area contributed by atoms with E-state index in [1.54, 1.807) is 11.8 Å². The molecule has 1 heterocycles. The summed E-state index contributed by atoms with van der Waals surface area (Å²) in [6, 6.07) is 16.3. The summed E-state index contributed by atoms with van der Waals surface area (Å²) in [6.07, 6.45) is 0. The van der Waals surface area contributed by atoms with E-state index in [1.807, 2.05) is 24.3 Å². The van der Waals surface area contributed by atoms with Gasteiger partial charge in [0, 0.05) is 20.8 Å². The molecule has 90 valence electrons. The first-order valence-electron chi connectivity index (χ1n) is 5.75. The summed E-state index contributed by atoms with van der Waals surface area (Å²) < 4.78 is 0. The molecule has 0 amide bonds. The summed E-state index contributed by atoms with van der Waals surface area (Å²) in [5.74, 6) is 0. The molecule has 1 N–H and O–H groups in total. The van der Waals surface area contributed by atoms with Gasteiger partial charge in [-0.2, -0.15) is 0 Å². The Kier molecular flexibility index (Phi) is 3.06. The van der Waals surface area contributed by atoms with Gasteiger partial charge in [-0.15, -0.1) is 0 Å². The van der Waals surface area contributed by atoms with Crippen molar-refractivity contribution in [2.45, 2.75) is 16.8 Å². The van der Waals surface area contributed by atoms with E-state index in [2.05, 4.69) is 36.2 Å². The number of nitrogens with one attached hydrogen (secondary N) is 1. The number of H-pyrrole nitrogens is 1. The molecule has 0 saturated carbocycles. The largest absolute Gasteiger partial charge is 0.349 e. The molecule has 0 radical (unpaired) electrons. The summed E-state index contributed by atoms with van der Waals surface area (Å²) >= 11 is 7.63. The summed E-state index contributed by atoms with van der Waals surface area (Å²) in [7, 11) is 0. The van der Waals surface area contributed by atoms with E-state index >= 15 is 0 Å². The van der Waals surface area contributed by atoms with Crippen molar-refractivity contribution in [1.29, 1.82) is 0 Å². The zero-order valence-corrected chi connectivity index (χ0v) is 11.5. The highest BCUT2D eigenvalue weighted by molar-refractivity contribution is 7.99. The molecule has 3 heteroatoms. The number of aryl methyl sites for hydroxylation is 1. The first-order chi connectivity index (χ1) is 8.74. The summed E-state index contributed by atoms with van der Waals surface area (Å²) in [4.78, 5) is 4.65. The topological polar surface area (TPSA) is 15.8 Å². The summed E-state index contributed by atoms with van der Waals surface area (Å²) in [6.45, 7) is 2.15. The molecule has 0 aliphatic heterocycles. The molecule has 3 rings (SSSR count). The van der Waals surface area contributed by atoms with Gasteiger partial charge >= 0.3 is 0 Å². The highest BCUT2D eigenvalue weighted by Gasteiger charge is 2.08. The van der Waals surface area contributed by atoms with E-state index in [-0.39, 0.29) is 0 Å². The van der Waals surface area contributed by atoms with Gasteiger partial charge in [-0.05, 0) is 42.8 Å². The van der Waals surface area contributed by atoms with E-state index in [1.165, 1.54) is 26.4 Å². The number of aromatic amines is 1. The molecule has 0 atom stereocenters. The molecule has 0 fully saturated rings. The van der Waals surface area contributed by atoms with Gasteiger partial charge in [0.1, 0.15) is 0 Å². The van der Waals surface area contributed by atoms with Crippen molar-refractivity contribution in [3.63, 3.8) is 0 Å². The maximum atomic E-state index is 5.89. The molecule has 18 heavy (non-hydrogen) atoms. The first kappa shape index (κ1) is 11.7. The predicted molar refractivity (Wildman–Crippen MR) is 78.6 cm³/mol. The molecule has 3 aromatic rings. The molecular formula is C15H12ClNS. The second-order valence-corrected chi connectivity index (χ2v) is 5.70. The van der Waals surface area contributed by atoms with Crippen LogP contribution in [0.5, 0.6) is 0 Å². The van der Waals surface area contributed by atoms with E-state index in [0.717, 1.165) is 5.02 Å². The quantitative estimate of drug-likeness (QED) is 0.671. The van der Waals surface area contributed by atoms with Crippen molar-refractivity contribution in [3.05, 3.63) is 59.1 Å². The van der Waals surface area contributed by atoms with E-state index in [0.29, 0.717) is 0 Å². The molecule has 0 saturated heterocycles. The van der Waals surface area contributed by atoms with Crippen LogP contribution in [0.2, 0.25) is 5.02 Å². The molecule has 0 aliphatic carbocycles. The average molecular weight is 274 g/mol. The van der Waals surface area contributed by atoms with Gasteiger partial charge in [-0.3, -0.25) is 0 Å². The molecule has 0 bridgehead atoms. The Hall–Kier alpha value is -1.38. The SMILES string of the molecule is Cc1c(Sc2ccc(Cl)cc2)[nH]c2ccccc12. The van der Waals surface area contributed by atoms with Crippen LogP contribution in [0.25, 0.3) is 10.9 Å². The second kappa shape index (κ2) is 4.71. The van der Waals surface area contributed by atoms with Crippen LogP contribution in [0.1, 0.15) is 5.56 Å². The minimum Gasteiger partial charge on any atom is -0.349 e. The van der Waals surface area contributed by atoms with E-state index in [9.17, 15) is 0 Å². The number of para-hydroxylation sites is 1. The molecular weight excluding hydrogens is 262 g/mol. The Labute approximate surface area is 115 Å². The molecule has 1 aromatic heterocycles. The fourth-order valence-electron chi connectivity index (χ4n) is 1.98. The van der Waals surface area contributed by atoms with Gasteiger partial charge in [-0.25, -0.2) is 0 Å². The number of benzene rings is 2. The van der Waals surface area contributed by atoms with Crippen molar-refractivity contribution in [2.75, 3.05) is 0 Å². The van der Waals surface area contributed by atoms with Gasteiger partial charge in [-0.1, -0.05) is 41.6 Å².